The van der Waals surface area contributed by atoms with Crippen LogP contribution in [0.25, 0.3) is 0 Å². The summed E-state index contributed by atoms with van der Waals surface area (Å²) in [4.78, 5) is 23.8. The SMILES string of the molecule is COc1cc(C(=O)N[C@@H]2CCCC[C@H]2C(=O)O)cc(Cl)c1OC. The largest absolute Gasteiger partial charge is 0.493 e. The second-order valence-electron chi connectivity index (χ2n) is 5.50. The summed E-state index contributed by atoms with van der Waals surface area (Å²) in [6.07, 6.45) is 3.00. The molecule has 2 N–H and O–H groups in total. The first-order chi connectivity index (χ1) is 11.0. The Morgan fingerprint density at radius 1 is 1.22 bits per heavy atom. The molecule has 0 unspecified atom stereocenters. The summed E-state index contributed by atoms with van der Waals surface area (Å²) in [5, 5.41) is 12.3. The average molecular weight is 342 g/mol. The van der Waals surface area contributed by atoms with Crippen molar-refractivity contribution in [2.24, 2.45) is 5.92 Å². The third-order valence-electron chi connectivity index (χ3n) is 4.10. The van der Waals surface area contributed by atoms with Crippen LogP contribution < -0.4 is 14.8 Å². The molecule has 6 nitrogen and oxygen atoms in total. The second-order valence-corrected chi connectivity index (χ2v) is 5.91. The van der Waals surface area contributed by atoms with Crippen LogP contribution in [0.5, 0.6) is 11.5 Å². The Bertz CT molecular complexity index is 604. The number of rotatable bonds is 5. The van der Waals surface area contributed by atoms with Gasteiger partial charge in [0.25, 0.3) is 5.91 Å². The highest BCUT2D eigenvalue weighted by Crippen LogP contribution is 2.36. The topological polar surface area (TPSA) is 84.9 Å². The van der Waals surface area contributed by atoms with E-state index in [2.05, 4.69) is 5.32 Å². The number of carboxylic acids is 1. The highest BCUT2D eigenvalue weighted by molar-refractivity contribution is 6.32. The lowest BCUT2D eigenvalue weighted by molar-refractivity contribution is -0.143. The van der Waals surface area contributed by atoms with Crippen LogP contribution in [0.4, 0.5) is 0 Å². The molecule has 0 spiro atoms. The minimum absolute atomic E-state index is 0.260. The zero-order chi connectivity index (χ0) is 17.0. The van der Waals surface area contributed by atoms with Gasteiger partial charge < -0.3 is 19.9 Å². The fourth-order valence-electron chi connectivity index (χ4n) is 2.90. The third kappa shape index (κ3) is 3.88. The zero-order valence-corrected chi connectivity index (χ0v) is 13.9. The maximum Gasteiger partial charge on any atom is 0.308 e. The van der Waals surface area contributed by atoms with Crippen LogP contribution in [0.2, 0.25) is 5.02 Å². The van der Waals surface area contributed by atoms with Crippen LogP contribution >= 0.6 is 11.6 Å². The molecule has 1 aliphatic rings. The van der Waals surface area contributed by atoms with Gasteiger partial charge in [-0.3, -0.25) is 9.59 Å². The predicted molar refractivity (Wildman–Crippen MR) is 85.4 cm³/mol. The van der Waals surface area contributed by atoms with E-state index in [0.717, 1.165) is 12.8 Å². The van der Waals surface area contributed by atoms with Gasteiger partial charge in [-0.1, -0.05) is 24.4 Å². The molecule has 0 aliphatic heterocycles. The van der Waals surface area contributed by atoms with E-state index in [4.69, 9.17) is 21.1 Å². The van der Waals surface area contributed by atoms with Crippen LogP contribution in [0, 0.1) is 5.92 Å². The zero-order valence-electron chi connectivity index (χ0n) is 13.1. The highest BCUT2D eigenvalue weighted by Gasteiger charge is 2.32. The summed E-state index contributed by atoms with van der Waals surface area (Å²) in [5.41, 5.74) is 0.308. The fourth-order valence-corrected chi connectivity index (χ4v) is 3.19. The first kappa shape index (κ1) is 17.4. The molecule has 0 radical (unpaired) electrons. The van der Waals surface area contributed by atoms with E-state index in [0.29, 0.717) is 29.9 Å². The van der Waals surface area contributed by atoms with Gasteiger partial charge in [-0.2, -0.15) is 0 Å². The lowest BCUT2D eigenvalue weighted by Crippen LogP contribution is -2.45. The van der Waals surface area contributed by atoms with Crippen LogP contribution in [0.3, 0.4) is 0 Å². The van der Waals surface area contributed by atoms with Crippen LogP contribution in [-0.4, -0.2) is 37.2 Å². The number of methoxy groups -OCH3 is 2. The van der Waals surface area contributed by atoms with E-state index in [1.54, 1.807) is 0 Å². The van der Waals surface area contributed by atoms with Gasteiger partial charge >= 0.3 is 5.97 Å². The van der Waals surface area contributed by atoms with Gasteiger partial charge in [0, 0.05) is 11.6 Å². The number of ether oxygens (including phenoxy) is 2. The van der Waals surface area contributed by atoms with Crippen molar-refractivity contribution in [1.82, 2.24) is 5.32 Å². The molecule has 0 bridgehead atoms. The Morgan fingerprint density at radius 3 is 2.52 bits per heavy atom. The van der Waals surface area contributed by atoms with Gasteiger partial charge in [-0.25, -0.2) is 0 Å². The van der Waals surface area contributed by atoms with Crippen LogP contribution in [0.1, 0.15) is 36.0 Å². The molecule has 2 atom stereocenters. The molecule has 0 aromatic heterocycles. The Kier molecular flexibility index (Phi) is 5.71. The smallest absolute Gasteiger partial charge is 0.308 e. The van der Waals surface area contributed by atoms with E-state index >= 15 is 0 Å². The molecule has 126 valence electrons. The molecular weight excluding hydrogens is 322 g/mol. The number of carbonyl (C=O) groups excluding carboxylic acids is 1. The van der Waals surface area contributed by atoms with Crippen molar-refractivity contribution in [3.8, 4) is 11.5 Å². The minimum Gasteiger partial charge on any atom is -0.493 e. The summed E-state index contributed by atoms with van der Waals surface area (Å²) >= 11 is 6.10. The number of hydrogen-bond acceptors (Lipinski definition) is 4. The molecule has 2 rings (SSSR count). The second kappa shape index (κ2) is 7.55. The van der Waals surface area contributed by atoms with E-state index in [-0.39, 0.29) is 17.0 Å². The van der Waals surface area contributed by atoms with Crippen LogP contribution in [0.15, 0.2) is 12.1 Å². The number of hydrogen-bond donors (Lipinski definition) is 2. The first-order valence-corrected chi connectivity index (χ1v) is 7.81. The molecule has 1 saturated carbocycles. The van der Waals surface area contributed by atoms with Crippen LogP contribution in [-0.2, 0) is 4.79 Å². The lowest BCUT2D eigenvalue weighted by atomic mass is 9.84. The normalized spacial score (nSPS) is 20.7. The van der Waals surface area contributed by atoms with Gasteiger partial charge in [0.1, 0.15) is 0 Å². The number of aliphatic carboxylic acids is 1. The molecular formula is C16H20ClNO5. The van der Waals surface area contributed by atoms with E-state index in [1.165, 1.54) is 26.4 Å². The summed E-state index contributed by atoms with van der Waals surface area (Å²) in [6.45, 7) is 0. The molecule has 7 heteroatoms. The quantitative estimate of drug-likeness (QED) is 0.860. The van der Waals surface area contributed by atoms with Gasteiger partial charge in [0.15, 0.2) is 11.5 Å². The minimum atomic E-state index is -0.875. The number of carboxylic acid groups (broad SMARTS) is 1. The summed E-state index contributed by atoms with van der Waals surface area (Å²) in [5.74, 6) is -1.09. The van der Waals surface area contributed by atoms with Gasteiger partial charge in [-0.15, -0.1) is 0 Å². The predicted octanol–water partition coefficient (Wildman–Crippen LogP) is 2.73. The van der Waals surface area contributed by atoms with Crippen molar-refractivity contribution in [3.63, 3.8) is 0 Å². The molecule has 0 saturated heterocycles. The Morgan fingerprint density at radius 2 is 1.91 bits per heavy atom. The monoisotopic (exact) mass is 341 g/mol. The number of carbonyl (C=O) groups is 2. The first-order valence-electron chi connectivity index (χ1n) is 7.43. The molecule has 23 heavy (non-hydrogen) atoms. The Hall–Kier alpha value is -1.95. The van der Waals surface area contributed by atoms with E-state index in [1.807, 2.05) is 0 Å². The van der Waals surface area contributed by atoms with Gasteiger partial charge in [0.2, 0.25) is 0 Å². The Labute approximate surface area is 139 Å². The number of nitrogens with one attached hydrogen (secondary N) is 1. The molecule has 1 aromatic rings. The van der Waals surface area contributed by atoms with Crippen molar-refractivity contribution < 1.29 is 24.2 Å². The standard InChI is InChI=1S/C16H20ClNO5/c1-22-13-8-9(7-11(17)14(13)23-2)15(19)18-12-6-4-3-5-10(12)16(20)21/h7-8,10,12H,3-6H2,1-2H3,(H,18,19)(H,20,21)/t10-,12-/m1/s1. The van der Waals surface area contributed by atoms with Gasteiger partial charge in [-0.05, 0) is 25.0 Å². The molecule has 1 amide bonds. The maximum absolute atomic E-state index is 12.4. The number of amides is 1. The molecule has 0 heterocycles. The lowest BCUT2D eigenvalue weighted by Gasteiger charge is -2.29. The molecule has 1 fully saturated rings. The molecule has 1 aliphatic carbocycles. The van der Waals surface area contributed by atoms with Crippen molar-refractivity contribution in [1.29, 1.82) is 0 Å². The number of halogens is 1. The van der Waals surface area contributed by atoms with Crippen molar-refractivity contribution in [3.05, 3.63) is 22.7 Å². The summed E-state index contributed by atoms with van der Waals surface area (Å²) in [6, 6.07) is 2.63. The fraction of sp³-hybridized carbons (Fsp3) is 0.500. The maximum atomic E-state index is 12.4. The molecule has 1 aromatic carbocycles. The van der Waals surface area contributed by atoms with Crippen molar-refractivity contribution >= 4 is 23.5 Å². The summed E-state index contributed by atoms with van der Waals surface area (Å²) in [7, 11) is 2.92. The Balaban J connectivity index is 2.20. The number of benzene rings is 1. The third-order valence-corrected chi connectivity index (χ3v) is 4.38. The summed E-state index contributed by atoms with van der Waals surface area (Å²) < 4.78 is 10.3. The van der Waals surface area contributed by atoms with Crippen molar-refractivity contribution in [2.45, 2.75) is 31.7 Å². The van der Waals surface area contributed by atoms with Gasteiger partial charge in [0.05, 0.1) is 25.2 Å². The van der Waals surface area contributed by atoms with E-state index < -0.39 is 11.9 Å². The van der Waals surface area contributed by atoms with Crippen molar-refractivity contribution in [2.75, 3.05) is 14.2 Å². The highest BCUT2D eigenvalue weighted by atomic mass is 35.5. The van der Waals surface area contributed by atoms with E-state index in [9.17, 15) is 14.7 Å². The average Bonchev–Trinajstić information content (AvgIpc) is 2.54.